The number of hydrogen-bond acceptors (Lipinski definition) is 2. The van der Waals surface area contributed by atoms with Crippen molar-refractivity contribution < 1.29 is 14.7 Å². The van der Waals surface area contributed by atoms with E-state index in [0.29, 0.717) is 12.8 Å². The van der Waals surface area contributed by atoms with Crippen molar-refractivity contribution in [3.63, 3.8) is 0 Å². The van der Waals surface area contributed by atoms with E-state index in [4.69, 9.17) is 16.7 Å². The first kappa shape index (κ1) is 11.9. The van der Waals surface area contributed by atoms with Gasteiger partial charge in [0.1, 0.15) is 11.9 Å². The van der Waals surface area contributed by atoms with Gasteiger partial charge in [-0.15, -0.1) is 17.5 Å². The monoisotopic (exact) mass is 229 g/mol. The summed E-state index contributed by atoms with van der Waals surface area (Å²) in [6, 6.07) is -1.08. The van der Waals surface area contributed by atoms with E-state index in [1.165, 1.54) is 4.90 Å². The Kier molecular flexibility index (Phi) is 3.98. The highest BCUT2D eigenvalue weighted by Gasteiger charge is 2.39. The summed E-state index contributed by atoms with van der Waals surface area (Å²) >= 11 is 5.44. The van der Waals surface area contributed by atoms with Gasteiger partial charge in [-0.05, 0) is 19.8 Å². The van der Waals surface area contributed by atoms with Crippen LogP contribution >= 0.6 is 11.6 Å². The first-order valence-corrected chi connectivity index (χ1v) is 5.17. The highest BCUT2D eigenvalue weighted by Crippen LogP contribution is 2.24. The van der Waals surface area contributed by atoms with Gasteiger partial charge in [0, 0.05) is 0 Å². The van der Waals surface area contributed by atoms with Crippen LogP contribution in [0.5, 0.6) is 0 Å². The molecule has 1 saturated heterocycles. The third-order valence-corrected chi connectivity index (χ3v) is 2.61. The average Bonchev–Trinajstić information content (AvgIpc) is 2.61. The predicted octanol–water partition coefficient (Wildman–Crippen LogP) is 0.693. The van der Waals surface area contributed by atoms with Gasteiger partial charge in [-0.3, -0.25) is 4.79 Å². The fraction of sp³-hybridized carbons (Fsp3) is 0.600. The standard InChI is InChI=1S/C10H12ClNO3/c1-2-3-7-4-5-8(10(14)15)12(7)9(13)6-11/h7-8H,4-6H2,1H3,(H,14,15)/t7?,8-/m0/s1. The molecular weight excluding hydrogens is 218 g/mol. The van der Waals surface area contributed by atoms with Crippen molar-refractivity contribution in [2.24, 2.45) is 0 Å². The molecular formula is C10H12ClNO3. The number of halogens is 1. The predicted molar refractivity (Wildman–Crippen MR) is 55.5 cm³/mol. The number of hydrogen-bond donors (Lipinski definition) is 1. The zero-order chi connectivity index (χ0) is 11.4. The Labute approximate surface area is 93.2 Å². The second-order valence-corrected chi connectivity index (χ2v) is 3.54. The molecule has 15 heavy (non-hydrogen) atoms. The molecule has 1 fully saturated rings. The van der Waals surface area contributed by atoms with E-state index in [0.717, 1.165) is 0 Å². The summed E-state index contributed by atoms with van der Waals surface area (Å²) in [5, 5.41) is 8.93. The molecule has 0 spiro atoms. The number of rotatable bonds is 2. The van der Waals surface area contributed by atoms with Crippen LogP contribution in [-0.4, -0.2) is 39.8 Å². The molecule has 0 aromatic carbocycles. The summed E-state index contributed by atoms with van der Waals surface area (Å²) in [7, 11) is 0. The zero-order valence-electron chi connectivity index (χ0n) is 8.36. The number of alkyl halides is 1. The number of carbonyl (C=O) groups excluding carboxylic acids is 1. The summed E-state index contributed by atoms with van der Waals surface area (Å²) in [6.07, 6.45) is 1.04. The molecule has 1 aliphatic rings. The normalized spacial score (nSPS) is 24.5. The number of carbonyl (C=O) groups is 2. The molecule has 4 nitrogen and oxygen atoms in total. The van der Waals surface area contributed by atoms with Crippen molar-refractivity contribution in [2.45, 2.75) is 31.8 Å². The van der Waals surface area contributed by atoms with Crippen molar-refractivity contribution in [1.82, 2.24) is 4.90 Å². The Balaban J connectivity index is 2.90. The highest BCUT2D eigenvalue weighted by molar-refractivity contribution is 6.27. The lowest BCUT2D eigenvalue weighted by Crippen LogP contribution is -2.45. The maximum atomic E-state index is 11.5. The van der Waals surface area contributed by atoms with Crippen LogP contribution in [0.2, 0.25) is 0 Å². The molecule has 1 N–H and O–H groups in total. The van der Waals surface area contributed by atoms with E-state index in [9.17, 15) is 9.59 Å². The van der Waals surface area contributed by atoms with Gasteiger partial charge < -0.3 is 10.0 Å². The van der Waals surface area contributed by atoms with Gasteiger partial charge in [0.25, 0.3) is 0 Å². The number of likely N-dealkylation sites (tertiary alicyclic amines) is 1. The molecule has 0 radical (unpaired) electrons. The lowest BCUT2D eigenvalue weighted by molar-refractivity contribution is -0.148. The number of nitrogens with zero attached hydrogens (tertiary/aromatic N) is 1. The van der Waals surface area contributed by atoms with Gasteiger partial charge in [-0.1, -0.05) is 5.92 Å². The van der Waals surface area contributed by atoms with E-state index in [1.807, 2.05) is 0 Å². The number of amides is 1. The number of carboxylic acids is 1. The van der Waals surface area contributed by atoms with Crippen LogP contribution in [0.1, 0.15) is 19.8 Å². The van der Waals surface area contributed by atoms with E-state index in [1.54, 1.807) is 6.92 Å². The van der Waals surface area contributed by atoms with Crippen molar-refractivity contribution in [3.8, 4) is 11.8 Å². The van der Waals surface area contributed by atoms with Crippen LogP contribution < -0.4 is 0 Å². The van der Waals surface area contributed by atoms with Crippen LogP contribution in [0.4, 0.5) is 0 Å². The van der Waals surface area contributed by atoms with Gasteiger partial charge in [0.2, 0.25) is 5.91 Å². The minimum atomic E-state index is -0.992. The van der Waals surface area contributed by atoms with Crippen molar-refractivity contribution in [1.29, 1.82) is 0 Å². The second-order valence-electron chi connectivity index (χ2n) is 3.28. The number of aliphatic carboxylic acids is 1. The quantitative estimate of drug-likeness (QED) is 0.560. The Morgan fingerprint density at radius 3 is 2.67 bits per heavy atom. The first-order valence-electron chi connectivity index (χ1n) is 4.64. The highest BCUT2D eigenvalue weighted by atomic mass is 35.5. The molecule has 82 valence electrons. The summed E-state index contributed by atoms with van der Waals surface area (Å²) in [5.41, 5.74) is 0. The van der Waals surface area contributed by atoms with Crippen molar-refractivity contribution in [2.75, 3.05) is 5.88 Å². The van der Waals surface area contributed by atoms with E-state index in [2.05, 4.69) is 11.8 Å². The Bertz CT molecular complexity index is 331. The lowest BCUT2D eigenvalue weighted by Gasteiger charge is -2.24. The van der Waals surface area contributed by atoms with E-state index < -0.39 is 12.0 Å². The molecule has 2 atom stereocenters. The second kappa shape index (κ2) is 5.04. The van der Waals surface area contributed by atoms with Gasteiger partial charge in [-0.25, -0.2) is 4.79 Å². The molecule has 0 aromatic heterocycles. The molecule has 1 heterocycles. The van der Waals surface area contributed by atoms with Crippen LogP contribution in [-0.2, 0) is 9.59 Å². The topological polar surface area (TPSA) is 57.6 Å². The molecule has 1 rings (SSSR count). The van der Waals surface area contributed by atoms with Crippen molar-refractivity contribution in [3.05, 3.63) is 0 Å². The van der Waals surface area contributed by atoms with Crippen LogP contribution in [0.25, 0.3) is 0 Å². The fourth-order valence-corrected chi connectivity index (χ4v) is 1.92. The van der Waals surface area contributed by atoms with Gasteiger partial charge >= 0.3 is 5.97 Å². The third-order valence-electron chi connectivity index (χ3n) is 2.38. The molecule has 1 unspecified atom stereocenters. The SMILES string of the molecule is CC#CC1CC[C@@H](C(=O)O)N1C(=O)CCl. The van der Waals surface area contributed by atoms with Crippen LogP contribution in [0.3, 0.4) is 0 Å². The summed E-state index contributed by atoms with van der Waals surface area (Å²) in [6.45, 7) is 1.66. The fourth-order valence-electron chi connectivity index (χ4n) is 1.78. The number of carboxylic acid groups (broad SMARTS) is 1. The molecule has 1 aliphatic heterocycles. The zero-order valence-corrected chi connectivity index (χ0v) is 9.12. The molecule has 1 amide bonds. The van der Waals surface area contributed by atoms with E-state index in [-0.39, 0.29) is 17.8 Å². The maximum absolute atomic E-state index is 11.5. The largest absolute Gasteiger partial charge is 0.480 e. The molecule has 0 aromatic rings. The summed E-state index contributed by atoms with van der Waals surface area (Å²) in [4.78, 5) is 23.7. The van der Waals surface area contributed by atoms with Crippen LogP contribution in [0.15, 0.2) is 0 Å². The lowest BCUT2D eigenvalue weighted by atomic mass is 10.2. The molecule has 5 heteroatoms. The van der Waals surface area contributed by atoms with Crippen molar-refractivity contribution >= 4 is 23.5 Å². The van der Waals surface area contributed by atoms with E-state index >= 15 is 0 Å². The van der Waals surface area contributed by atoms with Gasteiger partial charge in [0.05, 0.1) is 6.04 Å². The van der Waals surface area contributed by atoms with Gasteiger partial charge in [0.15, 0.2) is 0 Å². The first-order chi connectivity index (χ1) is 7.11. The summed E-state index contributed by atoms with van der Waals surface area (Å²) < 4.78 is 0. The molecule has 0 bridgehead atoms. The van der Waals surface area contributed by atoms with Crippen LogP contribution in [0, 0.1) is 11.8 Å². The Morgan fingerprint density at radius 2 is 2.20 bits per heavy atom. The average molecular weight is 230 g/mol. The van der Waals surface area contributed by atoms with Gasteiger partial charge in [-0.2, -0.15) is 0 Å². The Morgan fingerprint density at radius 1 is 1.53 bits per heavy atom. The Hall–Kier alpha value is -1.21. The molecule has 0 aliphatic carbocycles. The molecule has 0 saturated carbocycles. The smallest absolute Gasteiger partial charge is 0.326 e. The summed E-state index contributed by atoms with van der Waals surface area (Å²) in [5.74, 6) is 3.97. The maximum Gasteiger partial charge on any atom is 0.326 e. The minimum absolute atomic E-state index is 0.203. The third kappa shape index (κ3) is 2.42. The minimum Gasteiger partial charge on any atom is -0.480 e.